The molecule has 1 aromatic carbocycles. The first-order chi connectivity index (χ1) is 13.2. The Balaban J connectivity index is 1.83. The van der Waals surface area contributed by atoms with E-state index >= 15 is 0 Å². The van der Waals surface area contributed by atoms with Crippen LogP contribution < -0.4 is 5.32 Å². The summed E-state index contributed by atoms with van der Waals surface area (Å²) in [5.74, 6) is -0.0393. The van der Waals surface area contributed by atoms with Crippen LogP contribution in [0.3, 0.4) is 0 Å². The summed E-state index contributed by atoms with van der Waals surface area (Å²) in [4.78, 5) is 28.5. The van der Waals surface area contributed by atoms with E-state index in [2.05, 4.69) is 24.1 Å². The van der Waals surface area contributed by atoms with Crippen LogP contribution in [0.15, 0.2) is 18.2 Å². The molecule has 5 nitrogen and oxygen atoms in total. The number of thiocarbonyl (C=S) groups is 1. The van der Waals surface area contributed by atoms with Crippen LogP contribution >= 0.6 is 24.0 Å². The van der Waals surface area contributed by atoms with Crippen molar-refractivity contribution in [2.75, 3.05) is 24.7 Å². The van der Waals surface area contributed by atoms with E-state index in [1.165, 1.54) is 23.1 Å². The largest absolute Gasteiger partial charge is 0.352 e. The van der Waals surface area contributed by atoms with Crippen LogP contribution in [0.25, 0.3) is 0 Å². The molecule has 1 saturated heterocycles. The van der Waals surface area contributed by atoms with Gasteiger partial charge in [-0.25, -0.2) is 0 Å². The molecular formula is C21H31N3O2S2. The number of thioether (sulfide) groups is 1. The van der Waals surface area contributed by atoms with Gasteiger partial charge in [0.25, 0.3) is 0 Å². The second-order valence-electron chi connectivity index (χ2n) is 7.66. The van der Waals surface area contributed by atoms with Gasteiger partial charge in [0, 0.05) is 24.8 Å². The summed E-state index contributed by atoms with van der Waals surface area (Å²) in [5.41, 5.74) is 2.83. The molecule has 1 aliphatic rings. The van der Waals surface area contributed by atoms with E-state index in [1.807, 2.05) is 32.0 Å². The lowest BCUT2D eigenvalue weighted by Crippen LogP contribution is -2.46. The zero-order chi connectivity index (χ0) is 20.8. The van der Waals surface area contributed by atoms with E-state index in [-0.39, 0.29) is 24.1 Å². The fourth-order valence-corrected chi connectivity index (χ4v) is 5.10. The lowest BCUT2D eigenvalue weighted by atomic mass is 9.99. The van der Waals surface area contributed by atoms with Crippen LogP contribution in [0.5, 0.6) is 0 Å². The Morgan fingerprint density at radius 1 is 1.21 bits per heavy atom. The normalized spacial score (nSPS) is 19.2. The van der Waals surface area contributed by atoms with Crippen molar-refractivity contribution >= 4 is 45.8 Å². The van der Waals surface area contributed by atoms with Crippen LogP contribution in [0.4, 0.5) is 5.69 Å². The standard InChI is InChI=1S/C21H31N3O2S2/c1-14-8-6-9-15(2)20(14)22-18(25)12-23(5)19(26)13-28-21(27)24-16(3)10-7-11-17(24)4/h6,8-9,16-17H,7,10-13H2,1-5H3,(H,22,25)/t16-,17-/m0/s1. The topological polar surface area (TPSA) is 52.7 Å². The van der Waals surface area contributed by atoms with E-state index in [1.54, 1.807) is 7.05 Å². The van der Waals surface area contributed by atoms with E-state index < -0.39 is 0 Å². The number of benzene rings is 1. The SMILES string of the molecule is Cc1cccc(C)c1NC(=O)CN(C)C(=O)CSC(=S)N1[C@@H](C)CCC[C@@H]1C. The molecule has 0 unspecified atom stereocenters. The summed E-state index contributed by atoms with van der Waals surface area (Å²) < 4.78 is 0.779. The number of nitrogens with one attached hydrogen (secondary N) is 1. The van der Waals surface area contributed by atoms with Crippen LogP contribution in [-0.4, -0.2) is 57.4 Å². The van der Waals surface area contributed by atoms with Gasteiger partial charge in [0.15, 0.2) is 0 Å². The average Bonchev–Trinajstić information content (AvgIpc) is 2.62. The number of carbonyl (C=O) groups is 2. The number of hydrogen-bond acceptors (Lipinski definition) is 4. The summed E-state index contributed by atoms with van der Waals surface area (Å²) in [6.07, 6.45) is 3.50. The third-order valence-electron chi connectivity index (χ3n) is 5.28. The second-order valence-corrected chi connectivity index (χ2v) is 9.26. The van der Waals surface area contributed by atoms with E-state index in [4.69, 9.17) is 12.2 Å². The van der Waals surface area contributed by atoms with Gasteiger partial charge in [0.05, 0.1) is 12.3 Å². The molecule has 7 heteroatoms. The number of para-hydroxylation sites is 1. The first kappa shape index (κ1) is 22.7. The number of piperidine rings is 1. The minimum atomic E-state index is -0.195. The first-order valence-corrected chi connectivity index (χ1v) is 11.1. The van der Waals surface area contributed by atoms with Gasteiger partial charge in [-0.3, -0.25) is 9.59 Å². The van der Waals surface area contributed by atoms with Crippen molar-refractivity contribution in [2.45, 2.75) is 59.0 Å². The Kier molecular flexibility index (Phi) is 8.31. The van der Waals surface area contributed by atoms with Crippen LogP contribution in [0, 0.1) is 13.8 Å². The second kappa shape index (κ2) is 10.3. The van der Waals surface area contributed by atoms with Crippen molar-refractivity contribution in [1.29, 1.82) is 0 Å². The van der Waals surface area contributed by atoms with Crippen LogP contribution in [-0.2, 0) is 9.59 Å². The van der Waals surface area contributed by atoms with E-state index in [0.29, 0.717) is 12.1 Å². The van der Waals surface area contributed by atoms with Crippen molar-refractivity contribution < 1.29 is 9.59 Å². The third kappa shape index (κ3) is 5.95. The van der Waals surface area contributed by atoms with E-state index in [0.717, 1.165) is 34.0 Å². The zero-order valence-electron chi connectivity index (χ0n) is 17.4. The number of anilines is 1. The Morgan fingerprint density at radius 2 is 1.79 bits per heavy atom. The van der Waals surface area contributed by atoms with Crippen molar-refractivity contribution in [2.24, 2.45) is 0 Å². The molecule has 2 atom stereocenters. The molecule has 1 aromatic rings. The Labute approximate surface area is 178 Å². The molecule has 1 aliphatic heterocycles. The quantitative estimate of drug-likeness (QED) is 0.729. The van der Waals surface area contributed by atoms with Crippen molar-refractivity contribution in [3.8, 4) is 0 Å². The fourth-order valence-electron chi connectivity index (χ4n) is 3.58. The van der Waals surface area contributed by atoms with Crippen molar-refractivity contribution in [1.82, 2.24) is 9.80 Å². The van der Waals surface area contributed by atoms with Gasteiger partial charge in [0.2, 0.25) is 11.8 Å². The molecule has 1 fully saturated rings. The van der Waals surface area contributed by atoms with E-state index in [9.17, 15) is 9.59 Å². The molecule has 0 spiro atoms. The molecule has 1 N–H and O–H groups in total. The molecule has 0 radical (unpaired) electrons. The van der Waals surface area contributed by atoms with Gasteiger partial charge in [-0.15, -0.1) is 0 Å². The number of carbonyl (C=O) groups excluding carboxylic acids is 2. The van der Waals surface area contributed by atoms with Crippen LogP contribution in [0.2, 0.25) is 0 Å². The summed E-state index contributed by atoms with van der Waals surface area (Å²) in [5, 5.41) is 2.92. The summed E-state index contributed by atoms with van der Waals surface area (Å²) in [7, 11) is 1.66. The number of hydrogen-bond donors (Lipinski definition) is 1. The van der Waals surface area contributed by atoms with Crippen LogP contribution in [0.1, 0.15) is 44.2 Å². The highest BCUT2D eigenvalue weighted by Gasteiger charge is 2.27. The Bertz CT molecular complexity index is 708. The van der Waals surface area contributed by atoms with Crippen molar-refractivity contribution in [3.05, 3.63) is 29.3 Å². The van der Waals surface area contributed by atoms with Gasteiger partial charge in [-0.2, -0.15) is 0 Å². The van der Waals surface area contributed by atoms with Gasteiger partial charge in [0.1, 0.15) is 4.32 Å². The number of nitrogens with zero attached hydrogens (tertiary/aromatic N) is 2. The lowest BCUT2D eigenvalue weighted by Gasteiger charge is -2.40. The molecule has 0 bridgehead atoms. The summed E-state index contributed by atoms with van der Waals surface area (Å²) in [6.45, 7) is 8.31. The van der Waals surface area contributed by atoms with Gasteiger partial charge in [-0.1, -0.05) is 42.2 Å². The number of aryl methyl sites for hydroxylation is 2. The highest BCUT2D eigenvalue weighted by Crippen LogP contribution is 2.26. The molecule has 28 heavy (non-hydrogen) atoms. The zero-order valence-corrected chi connectivity index (χ0v) is 19.1. The lowest BCUT2D eigenvalue weighted by molar-refractivity contribution is -0.131. The maximum atomic E-state index is 12.5. The molecule has 0 saturated carbocycles. The molecule has 0 aliphatic carbocycles. The molecule has 1 heterocycles. The monoisotopic (exact) mass is 421 g/mol. The Morgan fingerprint density at radius 3 is 2.36 bits per heavy atom. The van der Waals surface area contributed by atoms with Crippen molar-refractivity contribution in [3.63, 3.8) is 0 Å². The maximum Gasteiger partial charge on any atom is 0.243 e. The highest BCUT2D eigenvalue weighted by atomic mass is 32.2. The smallest absolute Gasteiger partial charge is 0.243 e. The summed E-state index contributed by atoms with van der Waals surface area (Å²) >= 11 is 6.97. The minimum absolute atomic E-state index is 0.0243. The predicted molar refractivity (Wildman–Crippen MR) is 122 cm³/mol. The highest BCUT2D eigenvalue weighted by molar-refractivity contribution is 8.23. The molecule has 2 rings (SSSR count). The predicted octanol–water partition coefficient (Wildman–Crippen LogP) is 3.98. The minimum Gasteiger partial charge on any atom is -0.352 e. The molecular weight excluding hydrogens is 390 g/mol. The average molecular weight is 422 g/mol. The number of likely N-dealkylation sites (tertiary alicyclic amines) is 1. The third-order valence-corrected chi connectivity index (χ3v) is 6.69. The number of likely N-dealkylation sites (N-methyl/N-ethyl adjacent to an activating group) is 1. The molecule has 2 amide bonds. The van der Waals surface area contributed by atoms with Gasteiger partial charge in [-0.05, 0) is 58.1 Å². The first-order valence-electron chi connectivity index (χ1n) is 9.75. The summed E-state index contributed by atoms with van der Waals surface area (Å²) in [6, 6.07) is 6.70. The Hall–Kier alpha value is -1.60. The number of amides is 2. The number of rotatable bonds is 5. The van der Waals surface area contributed by atoms with Gasteiger partial charge < -0.3 is 15.1 Å². The fraction of sp³-hybridized carbons (Fsp3) is 0.571. The van der Waals surface area contributed by atoms with Gasteiger partial charge >= 0.3 is 0 Å². The molecule has 0 aromatic heterocycles. The maximum absolute atomic E-state index is 12.5. The molecule has 154 valence electrons.